The first-order chi connectivity index (χ1) is 19.3. The summed E-state index contributed by atoms with van der Waals surface area (Å²) in [4.78, 5) is 25.9. The van der Waals surface area contributed by atoms with Gasteiger partial charge in [-0.3, -0.25) is 4.79 Å². The summed E-state index contributed by atoms with van der Waals surface area (Å²) in [5, 5.41) is 10.3. The molecule has 1 saturated heterocycles. The summed E-state index contributed by atoms with van der Waals surface area (Å²) >= 11 is 1.77. The van der Waals surface area contributed by atoms with Crippen LogP contribution in [0.5, 0.6) is 0 Å². The molecule has 3 aromatic rings. The molecule has 3 heterocycles. The van der Waals surface area contributed by atoms with Gasteiger partial charge in [-0.25, -0.2) is 17.5 Å². The SMILES string of the molecule is CCCCCCc1cc(-c2cc(C(N)=O)c3[nH]cc(C4CCN(S(=O)(=O)CC)CC4)c3c2)cs1.O=C(O)C(F)(F)F. The molecular formula is C28H36F3N3O5S2. The van der Waals surface area contributed by atoms with E-state index in [0.29, 0.717) is 18.7 Å². The molecule has 0 spiro atoms. The van der Waals surface area contributed by atoms with Crippen molar-refractivity contribution in [3.05, 3.63) is 45.8 Å². The van der Waals surface area contributed by atoms with Gasteiger partial charge in [0.15, 0.2) is 0 Å². The minimum absolute atomic E-state index is 0.136. The number of halogens is 3. The third-order valence-corrected chi connectivity index (χ3v) is 10.1. The highest BCUT2D eigenvalue weighted by Gasteiger charge is 2.38. The number of H-pyrrole nitrogens is 1. The quantitative estimate of drug-likeness (QED) is 0.231. The Balaban J connectivity index is 0.000000587. The molecule has 13 heteroatoms. The monoisotopic (exact) mass is 615 g/mol. The molecule has 0 atom stereocenters. The number of nitrogens with one attached hydrogen (secondary N) is 1. The van der Waals surface area contributed by atoms with Crippen molar-refractivity contribution in [2.24, 2.45) is 5.73 Å². The number of primary amides is 1. The van der Waals surface area contributed by atoms with E-state index in [4.69, 9.17) is 15.6 Å². The topological polar surface area (TPSA) is 134 Å². The molecule has 8 nitrogen and oxygen atoms in total. The van der Waals surface area contributed by atoms with Crippen molar-refractivity contribution in [3.63, 3.8) is 0 Å². The molecule has 1 aliphatic rings. The molecule has 4 rings (SSSR count). The van der Waals surface area contributed by atoms with Crippen molar-refractivity contribution in [3.8, 4) is 11.1 Å². The number of aromatic nitrogens is 1. The lowest BCUT2D eigenvalue weighted by molar-refractivity contribution is -0.192. The average Bonchev–Trinajstić information content (AvgIpc) is 3.58. The van der Waals surface area contributed by atoms with Gasteiger partial charge >= 0.3 is 12.1 Å². The zero-order chi connectivity index (χ0) is 30.4. The number of aryl methyl sites for hydroxylation is 1. The van der Waals surface area contributed by atoms with Crippen molar-refractivity contribution >= 4 is 44.1 Å². The molecule has 1 aromatic carbocycles. The zero-order valence-corrected chi connectivity index (χ0v) is 24.7. The van der Waals surface area contributed by atoms with E-state index in [2.05, 4.69) is 29.4 Å². The van der Waals surface area contributed by atoms with Crippen LogP contribution < -0.4 is 5.73 Å². The number of piperidine rings is 1. The Morgan fingerprint density at radius 2 is 1.76 bits per heavy atom. The van der Waals surface area contributed by atoms with Crippen LogP contribution in [0.4, 0.5) is 13.2 Å². The Kier molecular flexibility index (Phi) is 11.0. The van der Waals surface area contributed by atoms with Crippen LogP contribution in [-0.4, -0.2) is 59.7 Å². The number of amides is 1. The van der Waals surface area contributed by atoms with Gasteiger partial charge in [0.25, 0.3) is 5.91 Å². The van der Waals surface area contributed by atoms with Crippen molar-refractivity contribution in [1.82, 2.24) is 9.29 Å². The summed E-state index contributed by atoms with van der Waals surface area (Å²) in [6.45, 7) is 4.97. The first-order valence-corrected chi connectivity index (χ1v) is 16.1. The number of carbonyl (C=O) groups is 2. The highest BCUT2D eigenvalue weighted by atomic mass is 32.2. The smallest absolute Gasteiger partial charge is 0.475 e. The Labute approximate surface area is 241 Å². The van der Waals surface area contributed by atoms with Crippen LogP contribution in [0, 0.1) is 0 Å². The van der Waals surface area contributed by atoms with Crippen molar-refractivity contribution < 1.29 is 36.3 Å². The van der Waals surface area contributed by atoms with Crippen LogP contribution >= 0.6 is 11.3 Å². The lowest BCUT2D eigenvalue weighted by Gasteiger charge is -2.31. The van der Waals surface area contributed by atoms with Crippen molar-refractivity contribution in [2.45, 2.75) is 70.9 Å². The number of aliphatic carboxylic acids is 1. The Morgan fingerprint density at radius 1 is 1.10 bits per heavy atom. The second-order valence-corrected chi connectivity index (χ2v) is 13.3. The van der Waals surface area contributed by atoms with Gasteiger partial charge < -0.3 is 15.8 Å². The summed E-state index contributed by atoms with van der Waals surface area (Å²) in [5.41, 5.74) is 10.3. The van der Waals surface area contributed by atoms with Gasteiger partial charge in [-0.1, -0.05) is 26.2 Å². The Hall–Kier alpha value is -2.90. The van der Waals surface area contributed by atoms with E-state index in [0.717, 1.165) is 46.9 Å². The number of hydrogen-bond acceptors (Lipinski definition) is 5. The molecule has 1 fully saturated rings. The highest BCUT2D eigenvalue weighted by Crippen LogP contribution is 2.38. The number of thiophene rings is 1. The number of rotatable bonds is 10. The maximum absolute atomic E-state index is 12.3. The summed E-state index contributed by atoms with van der Waals surface area (Å²) in [5.74, 6) is -2.83. The van der Waals surface area contributed by atoms with Crippen molar-refractivity contribution in [2.75, 3.05) is 18.8 Å². The summed E-state index contributed by atoms with van der Waals surface area (Å²) in [7, 11) is -3.16. The Bertz CT molecular complexity index is 1460. The number of alkyl halides is 3. The second-order valence-electron chi connectivity index (χ2n) is 10.0. The number of nitrogens with two attached hydrogens (primary N) is 1. The van der Waals surface area contributed by atoms with Crippen LogP contribution in [0.2, 0.25) is 0 Å². The molecule has 0 bridgehead atoms. The van der Waals surface area contributed by atoms with Gasteiger partial charge in [-0.05, 0) is 78.8 Å². The normalized spacial score (nSPS) is 15.0. The maximum Gasteiger partial charge on any atom is 0.490 e. The second kappa shape index (κ2) is 13.8. The first-order valence-electron chi connectivity index (χ1n) is 13.6. The lowest BCUT2D eigenvalue weighted by atomic mass is 9.88. The highest BCUT2D eigenvalue weighted by molar-refractivity contribution is 7.89. The van der Waals surface area contributed by atoms with Crippen LogP contribution in [0.1, 0.15) is 79.1 Å². The molecule has 0 radical (unpaired) electrons. The molecule has 226 valence electrons. The minimum atomic E-state index is -5.08. The fourth-order valence-electron chi connectivity index (χ4n) is 4.97. The predicted molar refractivity (Wildman–Crippen MR) is 155 cm³/mol. The number of aromatic amines is 1. The van der Waals surface area contributed by atoms with Gasteiger partial charge in [0, 0.05) is 29.5 Å². The van der Waals surface area contributed by atoms with E-state index in [9.17, 15) is 26.4 Å². The molecule has 1 amide bonds. The fourth-order valence-corrected chi connectivity index (χ4v) is 7.04. The number of fused-ring (bicyclic) bond motifs is 1. The molecule has 41 heavy (non-hydrogen) atoms. The van der Waals surface area contributed by atoms with E-state index < -0.39 is 28.1 Å². The first kappa shape index (κ1) is 32.6. The number of hydrogen-bond donors (Lipinski definition) is 3. The van der Waals surface area contributed by atoms with Crippen molar-refractivity contribution in [1.29, 1.82) is 0 Å². The predicted octanol–water partition coefficient (Wildman–Crippen LogP) is 6.28. The molecule has 0 unspecified atom stereocenters. The lowest BCUT2D eigenvalue weighted by Crippen LogP contribution is -2.38. The number of carboxylic acids is 1. The van der Waals surface area contributed by atoms with E-state index in [1.807, 2.05) is 12.3 Å². The van der Waals surface area contributed by atoms with Crippen LogP contribution in [0.15, 0.2) is 29.8 Å². The number of sulfonamides is 1. The maximum atomic E-state index is 12.3. The van der Waals surface area contributed by atoms with E-state index in [-0.39, 0.29) is 11.7 Å². The van der Waals surface area contributed by atoms with Gasteiger partial charge in [0.1, 0.15) is 0 Å². The fraction of sp³-hybridized carbons (Fsp3) is 0.500. The largest absolute Gasteiger partial charge is 0.490 e. The molecule has 4 N–H and O–H groups in total. The third kappa shape index (κ3) is 8.32. The average molecular weight is 616 g/mol. The molecule has 0 aliphatic carbocycles. The van der Waals surface area contributed by atoms with Gasteiger partial charge in [0.05, 0.1) is 16.8 Å². The van der Waals surface area contributed by atoms with E-state index in [1.165, 1.54) is 30.6 Å². The number of carbonyl (C=O) groups excluding carboxylic acids is 1. The molecule has 0 saturated carbocycles. The Morgan fingerprint density at radius 3 is 2.32 bits per heavy atom. The van der Waals surface area contributed by atoms with Gasteiger partial charge in [-0.2, -0.15) is 13.2 Å². The van der Waals surface area contributed by atoms with E-state index >= 15 is 0 Å². The minimum Gasteiger partial charge on any atom is -0.475 e. The number of unbranched alkanes of at least 4 members (excludes halogenated alkanes) is 3. The van der Waals surface area contributed by atoms with Gasteiger partial charge in [-0.15, -0.1) is 11.3 Å². The molecule has 2 aromatic heterocycles. The third-order valence-electron chi connectivity index (χ3n) is 7.25. The number of benzene rings is 1. The van der Waals surface area contributed by atoms with Gasteiger partial charge in [0.2, 0.25) is 10.0 Å². The molecule has 1 aliphatic heterocycles. The number of carboxylic acid groups (broad SMARTS) is 1. The summed E-state index contributed by atoms with van der Waals surface area (Å²) in [6, 6.07) is 6.29. The van der Waals surface area contributed by atoms with Crippen LogP contribution in [0.3, 0.4) is 0 Å². The van der Waals surface area contributed by atoms with Crippen LogP contribution in [0.25, 0.3) is 22.0 Å². The summed E-state index contributed by atoms with van der Waals surface area (Å²) in [6.07, 6.45) is 4.48. The molecular weight excluding hydrogens is 579 g/mol. The zero-order valence-electron chi connectivity index (χ0n) is 23.1. The standard InChI is InChI=1S/C26H35N3O3S2.C2HF3O2/c1-3-5-6-7-8-21-13-20(17-33-21)19-14-22-24(16-28-25(22)23(15-19)26(27)30)18-9-11-29(12-10-18)34(31,32)4-2;3-2(4,5)1(6)7/h13-18,28H,3-12H2,1-2H3,(H2,27,30);(H,6,7). The number of nitrogens with zero attached hydrogens (tertiary/aromatic N) is 1. The van der Waals surface area contributed by atoms with E-state index in [1.54, 1.807) is 22.6 Å². The summed E-state index contributed by atoms with van der Waals surface area (Å²) < 4.78 is 57.8. The van der Waals surface area contributed by atoms with Crippen LogP contribution in [-0.2, 0) is 21.2 Å².